The maximum atomic E-state index is 13.4. The fraction of sp³-hybridized carbons (Fsp3) is 0.286. The van der Waals surface area contributed by atoms with Crippen molar-refractivity contribution in [2.75, 3.05) is 0 Å². The SMILES string of the molecule is Cc1ccc([C@H](N)C(F)(F)C(F)(F)F)c2ccccc12. The topological polar surface area (TPSA) is 26.0 Å². The van der Waals surface area contributed by atoms with Crippen molar-refractivity contribution >= 4 is 10.8 Å². The van der Waals surface area contributed by atoms with Crippen LogP contribution in [-0.4, -0.2) is 12.1 Å². The normalized spacial score (nSPS) is 14.6. The molecule has 1 atom stereocenters. The predicted octanol–water partition coefficient (Wildman–Crippen LogP) is 4.35. The zero-order valence-electron chi connectivity index (χ0n) is 10.5. The molecule has 0 saturated carbocycles. The van der Waals surface area contributed by atoms with Gasteiger partial charge in [-0.2, -0.15) is 22.0 Å². The van der Waals surface area contributed by atoms with Gasteiger partial charge in [-0.15, -0.1) is 0 Å². The summed E-state index contributed by atoms with van der Waals surface area (Å²) in [6.07, 6.45) is -5.68. The van der Waals surface area contributed by atoms with E-state index in [9.17, 15) is 22.0 Å². The van der Waals surface area contributed by atoms with Crippen LogP contribution in [0.1, 0.15) is 17.2 Å². The van der Waals surface area contributed by atoms with Crippen molar-refractivity contribution in [1.82, 2.24) is 0 Å². The molecule has 1 nitrogen and oxygen atoms in total. The minimum atomic E-state index is -5.68. The first-order chi connectivity index (χ1) is 9.16. The molecule has 0 bridgehead atoms. The number of fused-ring (bicyclic) bond motifs is 1. The van der Waals surface area contributed by atoms with E-state index in [-0.39, 0.29) is 5.56 Å². The molecule has 0 heterocycles. The average molecular weight is 289 g/mol. The standard InChI is InChI=1S/C14H12F5N/c1-8-6-7-11(10-5-3-2-4-9(8)10)12(20)13(15,16)14(17,18)19/h2-7,12H,20H2,1H3/t12-/m0/s1. The molecule has 6 heteroatoms. The Morgan fingerprint density at radius 1 is 0.900 bits per heavy atom. The highest BCUT2D eigenvalue weighted by atomic mass is 19.4. The van der Waals surface area contributed by atoms with Crippen molar-refractivity contribution in [3.8, 4) is 0 Å². The number of rotatable bonds is 2. The van der Waals surface area contributed by atoms with Gasteiger partial charge in [0, 0.05) is 0 Å². The molecule has 0 amide bonds. The molecule has 0 aliphatic rings. The van der Waals surface area contributed by atoms with Gasteiger partial charge in [0.05, 0.1) is 0 Å². The van der Waals surface area contributed by atoms with Crippen molar-refractivity contribution in [1.29, 1.82) is 0 Å². The molecular weight excluding hydrogens is 277 g/mol. The van der Waals surface area contributed by atoms with Crippen LogP contribution in [0, 0.1) is 6.92 Å². The van der Waals surface area contributed by atoms with E-state index in [0.29, 0.717) is 10.8 Å². The Kier molecular flexibility index (Phi) is 3.46. The Labute approximate surface area is 112 Å². The van der Waals surface area contributed by atoms with Crippen LogP contribution in [0.15, 0.2) is 36.4 Å². The van der Waals surface area contributed by atoms with Crippen LogP contribution in [-0.2, 0) is 0 Å². The van der Waals surface area contributed by atoms with Gasteiger partial charge in [-0.05, 0) is 28.8 Å². The van der Waals surface area contributed by atoms with E-state index < -0.39 is 18.1 Å². The molecule has 0 aliphatic heterocycles. The molecule has 0 spiro atoms. The van der Waals surface area contributed by atoms with Crippen LogP contribution in [0.5, 0.6) is 0 Å². The van der Waals surface area contributed by atoms with Crippen molar-refractivity contribution in [3.63, 3.8) is 0 Å². The highest BCUT2D eigenvalue weighted by Gasteiger charge is 2.61. The van der Waals surface area contributed by atoms with E-state index in [1.165, 1.54) is 18.2 Å². The number of hydrogen-bond acceptors (Lipinski definition) is 1. The summed E-state index contributed by atoms with van der Waals surface area (Å²) in [6, 6.07) is 6.69. The molecule has 0 aromatic heterocycles. The fourth-order valence-corrected chi connectivity index (χ4v) is 2.12. The van der Waals surface area contributed by atoms with Gasteiger partial charge in [-0.25, -0.2) is 0 Å². The summed E-state index contributed by atoms with van der Waals surface area (Å²) >= 11 is 0. The summed E-state index contributed by atoms with van der Waals surface area (Å²) in [7, 11) is 0. The first kappa shape index (κ1) is 14.7. The van der Waals surface area contributed by atoms with Gasteiger partial charge >= 0.3 is 12.1 Å². The Bertz CT molecular complexity index is 633. The third kappa shape index (κ3) is 2.24. The largest absolute Gasteiger partial charge is 0.455 e. The molecular formula is C14H12F5N. The molecule has 0 fully saturated rings. The minimum Gasteiger partial charge on any atom is -0.319 e. The van der Waals surface area contributed by atoms with Crippen LogP contribution >= 0.6 is 0 Å². The lowest BCUT2D eigenvalue weighted by Crippen LogP contribution is -2.45. The lowest BCUT2D eigenvalue weighted by molar-refractivity contribution is -0.290. The Morgan fingerprint density at radius 2 is 1.45 bits per heavy atom. The lowest BCUT2D eigenvalue weighted by Gasteiger charge is -2.27. The maximum absolute atomic E-state index is 13.4. The minimum absolute atomic E-state index is 0.214. The summed E-state index contributed by atoms with van der Waals surface area (Å²) in [4.78, 5) is 0. The van der Waals surface area contributed by atoms with Gasteiger partial charge in [0.2, 0.25) is 0 Å². The van der Waals surface area contributed by atoms with Crippen LogP contribution in [0.25, 0.3) is 10.8 Å². The molecule has 2 rings (SSSR count). The summed E-state index contributed by atoms with van der Waals surface area (Å²) < 4.78 is 64.0. The smallest absolute Gasteiger partial charge is 0.319 e. The lowest BCUT2D eigenvalue weighted by atomic mass is 9.93. The van der Waals surface area contributed by atoms with E-state index in [1.807, 2.05) is 0 Å². The summed E-state index contributed by atoms with van der Waals surface area (Å²) in [5.41, 5.74) is 5.77. The van der Waals surface area contributed by atoms with Gasteiger partial charge in [-0.3, -0.25) is 0 Å². The number of benzene rings is 2. The van der Waals surface area contributed by atoms with E-state index in [2.05, 4.69) is 0 Å². The Hall–Kier alpha value is -1.69. The number of aryl methyl sites for hydroxylation is 1. The molecule has 0 saturated heterocycles. The predicted molar refractivity (Wildman–Crippen MR) is 66.6 cm³/mol. The van der Waals surface area contributed by atoms with Gasteiger partial charge in [-0.1, -0.05) is 36.4 Å². The van der Waals surface area contributed by atoms with Gasteiger partial charge < -0.3 is 5.73 Å². The van der Waals surface area contributed by atoms with E-state index >= 15 is 0 Å². The van der Waals surface area contributed by atoms with Crippen LogP contribution < -0.4 is 5.73 Å². The van der Waals surface area contributed by atoms with E-state index in [4.69, 9.17) is 5.73 Å². The highest BCUT2D eigenvalue weighted by Crippen LogP contribution is 2.44. The van der Waals surface area contributed by atoms with Crippen LogP contribution in [0.2, 0.25) is 0 Å². The van der Waals surface area contributed by atoms with Crippen LogP contribution in [0.4, 0.5) is 22.0 Å². The fourth-order valence-electron chi connectivity index (χ4n) is 2.12. The number of nitrogens with two attached hydrogens (primary N) is 1. The van der Waals surface area contributed by atoms with Crippen molar-refractivity contribution in [3.05, 3.63) is 47.5 Å². The van der Waals surface area contributed by atoms with E-state index in [1.54, 1.807) is 25.1 Å². The third-order valence-electron chi connectivity index (χ3n) is 3.28. The monoisotopic (exact) mass is 289 g/mol. The van der Waals surface area contributed by atoms with Gasteiger partial charge in [0.15, 0.2) is 0 Å². The number of hydrogen-bond donors (Lipinski definition) is 1. The quantitative estimate of drug-likeness (QED) is 0.817. The second kappa shape index (κ2) is 4.70. The maximum Gasteiger partial charge on any atom is 0.455 e. The molecule has 2 aromatic rings. The summed E-state index contributed by atoms with van der Waals surface area (Å²) in [5, 5.41) is 0.919. The molecule has 20 heavy (non-hydrogen) atoms. The van der Waals surface area contributed by atoms with Crippen molar-refractivity contribution in [2.45, 2.75) is 25.1 Å². The number of halogens is 5. The van der Waals surface area contributed by atoms with E-state index in [0.717, 1.165) is 5.56 Å². The second-order valence-corrected chi connectivity index (χ2v) is 4.62. The number of alkyl halides is 5. The highest BCUT2D eigenvalue weighted by molar-refractivity contribution is 5.89. The van der Waals surface area contributed by atoms with Gasteiger partial charge in [0.25, 0.3) is 0 Å². The van der Waals surface area contributed by atoms with Crippen LogP contribution in [0.3, 0.4) is 0 Å². The molecule has 108 valence electrons. The molecule has 0 unspecified atom stereocenters. The van der Waals surface area contributed by atoms with Crippen molar-refractivity contribution in [2.24, 2.45) is 5.73 Å². The first-order valence-corrected chi connectivity index (χ1v) is 5.84. The molecule has 0 aliphatic carbocycles. The van der Waals surface area contributed by atoms with Crippen molar-refractivity contribution < 1.29 is 22.0 Å². The first-order valence-electron chi connectivity index (χ1n) is 5.84. The zero-order chi connectivity index (χ0) is 15.1. The second-order valence-electron chi connectivity index (χ2n) is 4.62. The van der Waals surface area contributed by atoms with Gasteiger partial charge in [0.1, 0.15) is 6.04 Å². The molecule has 2 aromatic carbocycles. The third-order valence-corrected chi connectivity index (χ3v) is 3.28. The molecule has 2 N–H and O–H groups in total. The Morgan fingerprint density at radius 3 is 2.00 bits per heavy atom. The molecule has 0 radical (unpaired) electrons. The Balaban J connectivity index is 2.62. The summed E-state index contributed by atoms with van der Waals surface area (Å²) in [6.45, 7) is 1.75. The summed E-state index contributed by atoms with van der Waals surface area (Å²) in [5.74, 6) is -4.98. The average Bonchev–Trinajstić information content (AvgIpc) is 2.37. The zero-order valence-corrected chi connectivity index (χ0v) is 10.5.